The molecule has 0 bridgehead atoms. The lowest BCUT2D eigenvalue weighted by Gasteiger charge is -2.63. The normalized spacial score (nSPS) is 23.0. The van der Waals surface area contributed by atoms with Crippen LogP contribution in [0.4, 0.5) is 13.2 Å². The minimum absolute atomic E-state index is 0.00391. The van der Waals surface area contributed by atoms with Crippen molar-refractivity contribution in [1.29, 1.82) is 5.26 Å². The molecule has 4 atom stereocenters. The van der Waals surface area contributed by atoms with E-state index in [0.717, 1.165) is 78.5 Å². The predicted molar refractivity (Wildman–Crippen MR) is 282 cm³/mol. The fraction of sp³-hybridized carbons (Fsp3) is 0.544. The predicted octanol–water partition coefficient (Wildman–Crippen LogP) is 7.17. The molecular formula is C57H71F3N8O7S. The van der Waals surface area contributed by atoms with E-state index in [9.17, 15) is 42.7 Å². The molecule has 0 unspecified atom stereocenters. The number of nitriles is 1. The van der Waals surface area contributed by atoms with Gasteiger partial charge in [0.25, 0.3) is 5.91 Å². The van der Waals surface area contributed by atoms with Crippen molar-refractivity contribution in [3.05, 3.63) is 106 Å². The Balaban J connectivity index is 0.828. The van der Waals surface area contributed by atoms with Crippen LogP contribution in [0.25, 0.3) is 10.4 Å². The molecule has 4 heterocycles. The minimum atomic E-state index is -4.72. The molecule has 8 rings (SSSR count). The first-order chi connectivity index (χ1) is 35.7. The molecule has 76 heavy (non-hydrogen) atoms. The molecule has 408 valence electrons. The van der Waals surface area contributed by atoms with Crippen LogP contribution in [-0.2, 0) is 31.7 Å². The van der Waals surface area contributed by atoms with E-state index in [1.807, 2.05) is 109 Å². The van der Waals surface area contributed by atoms with Gasteiger partial charge in [0.2, 0.25) is 17.7 Å². The summed E-state index contributed by atoms with van der Waals surface area (Å²) < 4.78 is 53.1. The van der Waals surface area contributed by atoms with Crippen molar-refractivity contribution in [1.82, 2.24) is 35.6 Å². The van der Waals surface area contributed by atoms with Gasteiger partial charge in [-0.15, -0.1) is 11.3 Å². The van der Waals surface area contributed by atoms with Crippen LogP contribution >= 0.6 is 11.3 Å². The van der Waals surface area contributed by atoms with Crippen molar-refractivity contribution in [3.63, 3.8) is 0 Å². The number of rotatable bonds is 17. The van der Waals surface area contributed by atoms with Gasteiger partial charge in [-0.3, -0.25) is 19.2 Å². The molecule has 1 aliphatic carbocycles. The average Bonchev–Trinajstić information content (AvgIpc) is 3.98. The smallest absolute Gasteiger partial charge is 0.417 e. The highest BCUT2D eigenvalue weighted by molar-refractivity contribution is 7.13. The van der Waals surface area contributed by atoms with E-state index >= 15 is 0 Å². The van der Waals surface area contributed by atoms with Gasteiger partial charge in [0, 0.05) is 92.4 Å². The Morgan fingerprint density at radius 2 is 1.59 bits per heavy atom. The number of hydrogen-bond acceptors (Lipinski definition) is 12. The van der Waals surface area contributed by atoms with Crippen LogP contribution in [0.5, 0.6) is 5.75 Å². The summed E-state index contributed by atoms with van der Waals surface area (Å²) in [5.41, 5.74) is 2.57. The Hall–Kier alpha value is -5.91. The first-order valence-electron chi connectivity index (χ1n) is 26.0. The van der Waals surface area contributed by atoms with Gasteiger partial charge in [-0.2, -0.15) is 18.4 Å². The van der Waals surface area contributed by atoms with E-state index in [2.05, 4.69) is 30.7 Å². The van der Waals surface area contributed by atoms with E-state index in [0.29, 0.717) is 25.3 Å². The Bertz CT molecular complexity index is 2800. The summed E-state index contributed by atoms with van der Waals surface area (Å²) in [6.07, 6.45) is -5.31. The number of amides is 4. The highest BCUT2D eigenvalue weighted by Crippen LogP contribution is 2.56. The van der Waals surface area contributed by atoms with Crippen molar-refractivity contribution in [2.45, 2.75) is 118 Å². The lowest BCUT2D eigenvalue weighted by Crippen LogP contribution is -2.74. The topological polar surface area (TPSA) is 189 Å². The maximum Gasteiger partial charge on any atom is 0.417 e. The fourth-order valence-corrected chi connectivity index (χ4v) is 13.1. The van der Waals surface area contributed by atoms with Crippen LogP contribution in [0, 0.1) is 39.9 Å². The molecule has 1 saturated carbocycles. The van der Waals surface area contributed by atoms with Crippen molar-refractivity contribution < 1.29 is 46.9 Å². The number of aliphatic hydroxyl groups excluding tert-OH is 1. The number of ether oxygens (including phenoxy) is 2. The lowest BCUT2D eigenvalue weighted by atomic mass is 9.49. The van der Waals surface area contributed by atoms with Gasteiger partial charge in [0.15, 0.2) is 0 Å². The Morgan fingerprint density at radius 3 is 2.16 bits per heavy atom. The van der Waals surface area contributed by atoms with Crippen molar-refractivity contribution >= 4 is 35.0 Å². The maximum absolute atomic E-state index is 14.5. The summed E-state index contributed by atoms with van der Waals surface area (Å²) in [5, 5.41) is 29.2. The number of hydrogen-bond donors (Lipinski definition) is 4. The van der Waals surface area contributed by atoms with Gasteiger partial charge in [-0.1, -0.05) is 77.9 Å². The standard InChI is InChI=1S/C57H71F3N8O7S/c1-34(38-14-16-39(17-15-38)46-35(2)62-33-76-46)63-49(72)45-24-42(70)28-68(45)50(73)47(64-36(3)69)53(4,5)29-66-20-22-67(23-21-66)30-56(31-74-32-56)26-37-10-12-40(13-11-37)48(71)65-51-54(6,7)52(55(51,8)9)75-43-19-18-41(27-61)44(25-43)57(58,59)60/h10-19,25,33-34,42,45,47,51-52,70H,20-24,26,28-32H2,1-9H3,(H,63,72)(H,64,69)(H,65,71)/t34-,42+,45-,47+,51-,52-/m0/s1. The summed E-state index contributed by atoms with van der Waals surface area (Å²) in [7, 11) is 0. The van der Waals surface area contributed by atoms with Gasteiger partial charge in [-0.05, 0) is 67.3 Å². The molecule has 15 nitrogen and oxygen atoms in total. The molecule has 0 radical (unpaired) electrons. The van der Waals surface area contributed by atoms with Crippen molar-refractivity contribution in [3.8, 4) is 22.3 Å². The summed E-state index contributed by atoms with van der Waals surface area (Å²) in [5.74, 6) is -1.40. The molecule has 4 N–H and O–H groups in total. The van der Waals surface area contributed by atoms with E-state index in [1.165, 1.54) is 17.9 Å². The SMILES string of the molecule is CC(=O)N[C@H](C(=O)N1C[C@H](O)C[C@H]1C(=O)N[C@@H](C)c1ccc(-c2scnc2C)cc1)C(C)(C)CN1CCN(CC2(Cc3ccc(C(=O)N[C@H]4C(C)(C)[C@H](Oc5ccc(C#N)c(C(F)(F)F)c5)C4(C)C)cc3)COC2)CC1. The van der Waals surface area contributed by atoms with E-state index in [1.54, 1.807) is 17.4 Å². The number of piperazine rings is 1. The molecule has 19 heteroatoms. The molecule has 4 fully saturated rings. The number of benzene rings is 3. The molecule has 0 spiro atoms. The molecule has 4 amide bonds. The van der Waals surface area contributed by atoms with Gasteiger partial charge in [-0.25, -0.2) is 4.98 Å². The Labute approximate surface area is 447 Å². The Kier molecular flexibility index (Phi) is 16.2. The van der Waals surface area contributed by atoms with Gasteiger partial charge >= 0.3 is 6.18 Å². The van der Waals surface area contributed by atoms with E-state index in [-0.39, 0.29) is 53.9 Å². The van der Waals surface area contributed by atoms with Gasteiger partial charge < -0.3 is 45.2 Å². The number of β-amino-alcohol motifs (C(OH)–C–C–N with tert-alkyl or cyclic N) is 1. The number of aliphatic hydroxyl groups is 1. The minimum Gasteiger partial charge on any atom is -0.489 e. The van der Waals surface area contributed by atoms with Crippen LogP contribution in [0.15, 0.2) is 72.2 Å². The van der Waals surface area contributed by atoms with Crippen LogP contribution in [0.2, 0.25) is 0 Å². The zero-order valence-corrected chi connectivity index (χ0v) is 45.7. The van der Waals surface area contributed by atoms with Crippen LogP contribution < -0.4 is 20.7 Å². The number of thiazole rings is 1. The number of nitrogens with zero attached hydrogens (tertiary/aromatic N) is 5. The molecule has 1 aromatic heterocycles. The monoisotopic (exact) mass is 1070 g/mol. The number of halogens is 3. The van der Waals surface area contributed by atoms with Gasteiger partial charge in [0.1, 0.15) is 23.9 Å². The molecule has 4 aliphatic rings. The van der Waals surface area contributed by atoms with Crippen molar-refractivity contribution in [2.75, 3.05) is 59.0 Å². The summed E-state index contributed by atoms with van der Waals surface area (Å²) in [4.78, 5) is 66.4. The zero-order chi connectivity index (χ0) is 55.1. The average molecular weight is 1070 g/mol. The number of aryl methyl sites for hydroxylation is 1. The Morgan fingerprint density at radius 1 is 0.947 bits per heavy atom. The number of likely N-dealkylation sites (tertiary alicyclic amines) is 1. The lowest BCUT2D eigenvalue weighted by molar-refractivity contribution is -0.164. The first kappa shape index (κ1) is 56.3. The molecule has 4 aromatic rings. The first-order valence-corrected chi connectivity index (χ1v) is 26.9. The second kappa shape index (κ2) is 21.8. The number of nitrogens with one attached hydrogen (secondary N) is 3. The summed E-state index contributed by atoms with van der Waals surface area (Å²) in [6.45, 7) is 22.3. The van der Waals surface area contributed by atoms with Crippen LogP contribution in [0.1, 0.15) is 106 Å². The van der Waals surface area contributed by atoms with Crippen LogP contribution in [0.3, 0.4) is 0 Å². The van der Waals surface area contributed by atoms with Crippen LogP contribution in [-0.4, -0.2) is 138 Å². The van der Waals surface area contributed by atoms with Gasteiger partial charge in [0.05, 0.1) is 58.6 Å². The number of aromatic nitrogens is 1. The quantitative estimate of drug-likeness (QED) is 0.0840. The molecule has 3 saturated heterocycles. The fourth-order valence-electron chi connectivity index (χ4n) is 12.3. The highest BCUT2D eigenvalue weighted by Gasteiger charge is 2.64. The molecule has 3 aromatic carbocycles. The zero-order valence-electron chi connectivity index (χ0n) is 44.8. The second-order valence-corrected chi connectivity index (χ2v) is 24.3. The number of alkyl halides is 3. The maximum atomic E-state index is 14.5. The molecular weight excluding hydrogens is 998 g/mol. The van der Waals surface area contributed by atoms with Crippen molar-refractivity contribution in [2.24, 2.45) is 21.7 Å². The number of carbonyl (C=O) groups excluding carboxylic acids is 4. The third-order valence-corrected chi connectivity index (χ3v) is 17.0. The highest BCUT2D eigenvalue weighted by atomic mass is 32.1. The van der Waals surface area contributed by atoms with E-state index in [4.69, 9.17) is 9.47 Å². The second-order valence-electron chi connectivity index (χ2n) is 23.4. The third kappa shape index (κ3) is 12.0. The summed E-state index contributed by atoms with van der Waals surface area (Å²) >= 11 is 1.57. The molecule has 3 aliphatic heterocycles. The van der Waals surface area contributed by atoms with E-state index < -0.39 is 63.7 Å². The third-order valence-electron chi connectivity index (χ3n) is 16.1. The number of carbonyl (C=O) groups is 4. The largest absolute Gasteiger partial charge is 0.489 e. The summed E-state index contributed by atoms with van der Waals surface area (Å²) in [6, 6.07) is 17.8.